The van der Waals surface area contributed by atoms with E-state index in [1.165, 1.54) is 20.1 Å². The van der Waals surface area contributed by atoms with Crippen molar-refractivity contribution in [2.45, 2.75) is 6.92 Å². The third kappa shape index (κ3) is 1.99. The molecule has 0 bridgehead atoms. The number of benzene rings is 1. The number of rotatable bonds is 3. The number of aromatic nitrogens is 1. The third-order valence-electron chi connectivity index (χ3n) is 2.56. The number of nitrogens with zero attached hydrogens (tertiary/aromatic N) is 1. The van der Waals surface area contributed by atoms with Gasteiger partial charge < -0.3 is 9.72 Å². The maximum atomic E-state index is 10.6. The van der Waals surface area contributed by atoms with Crippen molar-refractivity contribution in [2.24, 2.45) is 0 Å². The van der Waals surface area contributed by atoms with Gasteiger partial charge in [-0.15, -0.1) is 0 Å². The third-order valence-corrected chi connectivity index (χ3v) is 2.56. The quantitative estimate of drug-likeness (QED) is 0.653. The molecule has 2 aromatic rings. The van der Waals surface area contributed by atoms with E-state index in [2.05, 4.69) is 4.98 Å². The molecule has 0 spiro atoms. The second-order valence-corrected chi connectivity index (χ2v) is 3.66. The summed E-state index contributed by atoms with van der Waals surface area (Å²) in [6.45, 7) is 1.46. The molecule has 0 saturated carbocycles. The number of nitro groups is 1. The molecule has 5 nitrogen and oxygen atoms in total. The molecule has 1 aromatic carbocycles. The topological polar surface area (TPSA) is 68.2 Å². The van der Waals surface area contributed by atoms with Gasteiger partial charge in [-0.25, -0.2) is 0 Å². The van der Waals surface area contributed by atoms with Crippen molar-refractivity contribution in [2.75, 3.05) is 7.11 Å². The Balaban J connectivity index is 2.66. The highest BCUT2D eigenvalue weighted by atomic mass is 16.6. The van der Waals surface area contributed by atoms with E-state index >= 15 is 0 Å². The van der Waals surface area contributed by atoms with Crippen molar-refractivity contribution in [1.82, 2.24) is 4.98 Å². The zero-order valence-corrected chi connectivity index (χ0v) is 9.56. The summed E-state index contributed by atoms with van der Waals surface area (Å²) in [7, 11) is 1.53. The number of methoxy groups -OCH3 is 1. The van der Waals surface area contributed by atoms with E-state index in [0.29, 0.717) is 11.4 Å². The van der Waals surface area contributed by atoms with Crippen LogP contribution in [0.5, 0.6) is 5.88 Å². The van der Waals surface area contributed by atoms with Crippen molar-refractivity contribution >= 4 is 17.0 Å². The van der Waals surface area contributed by atoms with Gasteiger partial charge in [0.1, 0.15) is 0 Å². The van der Waals surface area contributed by atoms with Gasteiger partial charge in [-0.2, -0.15) is 0 Å². The molecule has 0 atom stereocenters. The zero-order chi connectivity index (χ0) is 12.4. The SMILES string of the molecule is COc1[nH]c2ccccc2c1C=C(C)[N+](=O)[O-]. The van der Waals surface area contributed by atoms with Gasteiger partial charge in [0.2, 0.25) is 5.70 Å². The van der Waals surface area contributed by atoms with Crippen LogP contribution in [0.3, 0.4) is 0 Å². The van der Waals surface area contributed by atoms with Crippen LogP contribution in [-0.2, 0) is 0 Å². The molecule has 0 amide bonds. The molecular weight excluding hydrogens is 220 g/mol. The van der Waals surface area contributed by atoms with Crippen molar-refractivity contribution in [3.63, 3.8) is 0 Å². The summed E-state index contributed by atoms with van der Waals surface area (Å²) in [5.74, 6) is 0.535. The summed E-state index contributed by atoms with van der Waals surface area (Å²) in [6.07, 6.45) is 1.51. The van der Waals surface area contributed by atoms with Gasteiger partial charge in [0, 0.05) is 23.9 Å². The molecule has 0 saturated heterocycles. The highest BCUT2D eigenvalue weighted by Crippen LogP contribution is 2.29. The average Bonchev–Trinajstić information content (AvgIpc) is 2.67. The highest BCUT2D eigenvalue weighted by Gasteiger charge is 2.12. The zero-order valence-electron chi connectivity index (χ0n) is 9.56. The second kappa shape index (κ2) is 4.29. The summed E-state index contributed by atoms with van der Waals surface area (Å²) < 4.78 is 5.19. The van der Waals surface area contributed by atoms with Crippen LogP contribution < -0.4 is 4.74 Å². The summed E-state index contributed by atoms with van der Waals surface area (Å²) in [4.78, 5) is 13.3. The highest BCUT2D eigenvalue weighted by molar-refractivity contribution is 5.92. The Morgan fingerprint density at radius 2 is 2.18 bits per heavy atom. The Labute approximate surface area is 97.9 Å². The van der Waals surface area contributed by atoms with Crippen LogP contribution in [0.2, 0.25) is 0 Å². The minimum atomic E-state index is -0.415. The smallest absolute Gasteiger partial charge is 0.244 e. The molecule has 0 fully saturated rings. The fraction of sp³-hybridized carbons (Fsp3) is 0.167. The Bertz CT molecular complexity index is 599. The second-order valence-electron chi connectivity index (χ2n) is 3.66. The minimum absolute atomic E-state index is 0.0769. The monoisotopic (exact) mass is 232 g/mol. The van der Waals surface area contributed by atoms with Gasteiger partial charge in [-0.1, -0.05) is 18.2 Å². The normalized spacial score (nSPS) is 11.8. The Morgan fingerprint density at radius 3 is 2.82 bits per heavy atom. The number of fused-ring (bicyclic) bond motifs is 1. The summed E-state index contributed by atoms with van der Waals surface area (Å²) in [5, 5.41) is 11.6. The van der Waals surface area contributed by atoms with E-state index in [9.17, 15) is 10.1 Å². The Kier molecular flexibility index (Phi) is 2.82. The lowest BCUT2D eigenvalue weighted by molar-refractivity contribution is -0.422. The van der Waals surface area contributed by atoms with E-state index in [1.54, 1.807) is 0 Å². The van der Waals surface area contributed by atoms with Crippen LogP contribution in [0.1, 0.15) is 12.5 Å². The van der Waals surface area contributed by atoms with Gasteiger partial charge in [-0.3, -0.25) is 10.1 Å². The fourth-order valence-corrected chi connectivity index (χ4v) is 1.70. The van der Waals surface area contributed by atoms with Crippen molar-refractivity contribution < 1.29 is 9.66 Å². The molecule has 88 valence electrons. The first kappa shape index (κ1) is 11.2. The maximum absolute atomic E-state index is 10.6. The molecule has 1 aromatic heterocycles. The maximum Gasteiger partial charge on any atom is 0.244 e. The lowest BCUT2D eigenvalue weighted by Gasteiger charge is -1.97. The number of hydrogen-bond acceptors (Lipinski definition) is 3. The predicted molar refractivity (Wildman–Crippen MR) is 65.5 cm³/mol. The standard InChI is InChI=1S/C12H12N2O3/c1-8(14(15)16)7-10-9-5-3-4-6-11(9)13-12(10)17-2/h3-7,13H,1-2H3. The van der Waals surface area contributed by atoms with Gasteiger partial charge >= 0.3 is 0 Å². The molecule has 17 heavy (non-hydrogen) atoms. The van der Waals surface area contributed by atoms with Crippen LogP contribution in [0.15, 0.2) is 30.0 Å². The van der Waals surface area contributed by atoms with Gasteiger partial charge in [0.15, 0.2) is 5.88 Å². The average molecular weight is 232 g/mol. The minimum Gasteiger partial charge on any atom is -0.482 e. The fourth-order valence-electron chi connectivity index (χ4n) is 1.70. The summed E-state index contributed by atoms with van der Waals surface area (Å²) in [5.41, 5.74) is 1.68. The molecular formula is C12H12N2O3. The number of allylic oxidation sites excluding steroid dienone is 1. The van der Waals surface area contributed by atoms with Crippen LogP contribution in [0.25, 0.3) is 17.0 Å². The van der Waals surface area contributed by atoms with Gasteiger partial charge in [0.25, 0.3) is 0 Å². The number of H-pyrrole nitrogens is 1. The molecule has 0 radical (unpaired) electrons. The first-order chi connectivity index (χ1) is 8.13. The summed E-state index contributed by atoms with van der Waals surface area (Å²) in [6, 6.07) is 7.57. The van der Waals surface area contributed by atoms with Crippen LogP contribution >= 0.6 is 0 Å². The first-order valence-electron chi connectivity index (χ1n) is 5.11. The lowest BCUT2D eigenvalue weighted by Crippen LogP contribution is -1.93. The number of ether oxygens (including phenoxy) is 1. The largest absolute Gasteiger partial charge is 0.482 e. The van der Waals surface area contributed by atoms with E-state index in [1.807, 2.05) is 24.3 Å². The van der Waals surface area contributed by atoms with E-state index in [-0.39, 0.29) is 5.70 Å². The van der Waals surface area contributed by atoms with Crippen molar-refractivity contribution in [3.8, 4) is 5.88 Å². The molecule has 0 aliphatic carbocycles. The van der Waals surface area contributed by atoms with Crippen LogP contribution in [-0.4, -0.2) is 17.0 Å². The van der Waals surface area contributed by atoms with E-state index in [4.69, 9.17) is 4.74 Å². The predicted octanol–water partition coefficient (Wildman–Crippen LogP) is 2.81. The molecule has 0 aliphatic heterocycles. The molecule has 1 N–H and O–H groups in total. The van der Waals surface area contributed by atoms with Crippen molar-refractivity contribution in [3.05, 3.63) is 45.6 Å². The number of para-hydroxylation sites is 1. The Hall–Kier alpha value is -2.30. The molecule has 2 rings (SSSR count). The molecule has 5 heteroatoms. The van der Waals surface area contributed by atoms with E-state index < -0.39 is 4.92 Å². The van der Waals surface area contributed by atoms with Crippen LogP contribution in [0.4, 0.5) is 0 Å². The summed E-state index contributed by atoms with van der Waals surface area (Å²) >= 11 is 0. The first-order valence-corrected chi connectivity index (χ1v) is 5.11. The van der Waals surface area contributed by atoms with Gasteiger partial charge in [0.05, 0.1) is 17.6 Å². The lowest BCUT2D eigenvalue weighted by atomic mass is 10.1. The number of nitrogens with one attached hydrogen (secondary N) is 1. The number of hydrogen-bond donors (Lipinski definition) is 1. The molecule has 0 unspecified atom stereocenters. The van der Waals surface area contributed by atoms with Crippen LogP contribution in [0, 0.1) is 10.1 Å². The number of aromatic amines is 1. The molecule has 1 heterocycles. The van der Waals surface area contributed by atoms with Crippen molar-refractivity contribution in [1.29, 1.82) is 0 Å². The Morgan fingerprint density at radius 1 is 1.47 bits per heavy atom. The van der Waals surface area contributed by atoms with E-state index in [0.717, 1.165) is 10.9 Å². The van der Waals surface area contributed by atoms with Gasteiger partial charge in [-0.05, 0) is 6.07 Å². The molecule has 0 aliphatic rings.